The molecule has 3 nitrogen and oxygen atoms in total. The summed E-state index contributed by atoms with van der Waals surface area (Å²) in [5.41, 5.74) is 0. The molecule has 8 heavy (non-hydrogen) atoms. The molecule has 0 aliphatic rings. The van der Waals surface area contributed by atoms with E-state index >= 15 is 0 Å². The fourth-order valence-electron chi connectivity index (χ4n) is 0.101. The molecule has 0 heterocycles. The molecule has 1 N–H and O–H groups in total. The van der Waals surface area contributed by atoms with Crippen LogP contribution in [0.5, 0.6) is 0 Å². The third-order valence-electron chi connectivity index (χ3n) is 0.560. The van der Waals surface area contributed by atoms with Crippen LogP contribution in [0.2, 0.25) is 0 Å². The number of carbonyl (C=O) groups is 1. The second kappa shape index (κ2) is 5.67. The van der Waals surface area contributed by atoms with Crippen molar-refractivity contribution in [2.24, 2.45) is 0 Å². The van der Waals surface area contributed by atoms with Crippen molar-refractivity contribution >= 4 is 5.97 Å². The van der Waals surface area contributed by atoms with Crippen molar-refractivity contribution in [3.05, 3.63) is 6.92 Å². The van der Waals surface area contributed by atoms with Gasteiger partial charge in [0.05, 0.1) is 0 Å². The fourth-order valence-corrected chi connectivity index (χ4v) is 0.101. The quantitative estimate of drug-likeness (QED) is 0.622. The summed E-state index contributed by atoms with van der Waals surface area (Å²) in [5.74, 6) is -1.04. The van der Waals surface area contributed by atoms with E-state index in [2.05, 4.69) is 11.7 Å². The molecular formula is C4H7O3Y-. The average molecular weight is 192 g/mol. The number of rotatable bonds is 2. The molecule has 0 fully saturated rings. The van der Waals surface area contributed by atoms with Crippen LogP contribution < -0.4 is 0 Å². The fraction of sp³-hybridized carbons (Fsp3) is 0.500. The van der Waals surface area contributed by atoms with Crippen molar-refractivity contribution in [1.29, 1.82) is 0 Å². The Kier molecular flexibility index (Phi) is 8.04. The number of carboxylic acid groups (broad SMARTS) is 1. The number of methoxy groups -OCH3 is 1. The van der Waals surface area contributed by atoms with Gasteiger partial charge in [-0.15, -0.1) is 0 Å². The normalized spacial score (nSPS) is 11.8. The van der Waals surface area contributed by atoms with Crippen molar-refractivity contribution in [3.8, 4) is 0 Å². The molecule has 0 aromatic heterocycles. The van der Waals surface area contributed by atoms with E-state index in [9.17, 15) is 4.79 Å². The van der Waals surface area contributed by atoms with Crippen molar-refractivity contribution < 1.29 is 47.3 Å². The first kappa shape index (κ1) is 11.3. The van der Waals surface area contributed by atoms with E-state index in [4.69, 9.17) is 5.11 Å². The third-order valence-corrected chi connectivity index (χ3v) is 0.560. The first-order chi connectivity index (χ1) is 3.18. The van der Waals surface area contributed by atoms with Gasteiger partial charge >= 0.3 is 5.97 Å². The summed E-state index contributed by atoms with van der Waals surface area (Å²) in [5, 5.41) is 7.99. The topological polar surface area (TPSA) is 46.5 Å². The molecule has 0 aromatic rings. The molecule has 0 aromatic carbocycles. The molecule has 0 rings (SSSR count). The smallest absolute Gasteiger partial charge is 0.301 e. The Morgan fingerprint density at radius 2 is 2.25 bits per heavy atom. The molecule has 0 bridgehead atoms. The van der Waals surface area contributed by atoms with Gasteiger partial charge in [0.1, 0.15) is 0 Å². The van der Waals surface area contributed by atoms with E-state index in [1.807, 2.05) is 0 Å². The van der Waals surface area contributed by atoms with Gasteiger partial charge in [0.15, 0.2) is 0 Å². The van der Waals surface area contributed by atoms with E-state index in [-0.39, 0.29) is 32.7 Å². The van der Waals surface area contributed by atoms with Crippen LogP contribution in [-0.4, -0.2) is 24.3 Å². The van der Waals surface area contributed by atoms with Gasteiger partial charge in [-0.05, 0) is 0 Å². The third kappa shape index (κ3) is 4.69. The zero-order chi connectivity index (χ0) is 5.86. The Balaban J connectivity index is 0. The first-order valence-corrected chi connectivity index (χ1v) is 1.77. The molecule has 1 radical (unpaired) electrons. The Bertz CT molecular complexity index is 73.7. The molecule has 45 valence electrons. The van der Waals surface area contributed by atoms with Gasteiger partial charge in [-0.1, -0.05) is 0 Å². The van der Waals surface area contributed by atoms with Crippen molar-refractivity contribution in [1.82, 2.24) is 0 Å². The Hall–Kier alpha value is 0.534. The second-order valence-corrected chi connectivity index (χ2v) is 1.06. The van der Waals surface area contributed by atoms with Crippen LogP contribution in [-0.2, 0) is 42.2 Å². The number of hydrogen-bond donors (Lipinski definition) is 1. The summed E-state index contributed by atoms with van der Waals surface area (Å²) < 4.78 is 4.30. The molecule has 4 heteroatoms. The van der Waals surface area contributed by atoms with Crippen LogP contribution >= 0.6 is 0 Å². The van der Waals surface area contributed by atoms with Crippen LogP contribution in [0.4, 0.5) is 0 Å². The van der Waals surface area contributed by atoms with Crippen LogP contribution in [0, 0.1) is 6.92 Å². The van der Waals surface area contributed by atoms with Crippen LogP contribution in [0.15, 0.2) is 0 Å². The summed E-state index contributed by atoms with van der Waals surface area (Å²) in [6, 6.07) is 0. The van der Waals surface area contributed by atoms with Crippen LogP contribution in [0.25, 0.3) is 0 Å². The van der Waals surface area contributed by atoms with E-state index < -0.39 is 12.1 Å². The molecule has 0 saturated heterocycles. The monoisotopic (exact) mass is 192 g/mol. The molecular weight excluding hydrogens is 185 g/mol. The van der Waals surface area contributed by atoms with E-state index in [0.717, 1.165) is 0 Å². The summed E-state index contributed by atoms with van der Waals surface area (Å²) in [7, 11) is 1.30. The Morgan fingerprint density at radius 3 is 2.25 bits per heavy atom. The van der Waals surface area contributed by atoms with Crippen LogP contribution in [0.1, 0.15) is 0 Å². The predicted octanol–water partition coefficient (Wildman–Crippen LogP) is -0.0824. The van der Waals surface area contributed by atoms with E-state index in [0.29, 0.717) is 0 Å². The van der Waals surface area contributed by atoms with Gasteiger partial charge < -0.3 is 16.8 Å². The zero-order valence-corrected chi connectivity index (χ0v) is 7.46. The largest absolute Gasteiger partial charge is 0.481 e. The van der Waals surface area contributed by atoms with Gasteiger partial charge in [0, 0.05) is 45.9 Å². The summed E-state index contributed by atoms with van der Waals surface area (Å²) in [6.45, 7) is 3.13. The number of aliphatic carboxylic acids is 1. The molecule has 1 atom stereocenters. The molecule has 0 saturated carbocycles. The van der Waals surface area contributed by atoms with Gasteiger partial charge in [-0.25, -0.2) is 0 Å². The minimum atomic E-state index is -1.04. The van der Waals surface area contributed by atoms with Gasteiger partial charge in [-0.3, -0.25) is 4.79 Å². The van der Waals surface area contributed by atoms with Crippen molar-refractivity contribution in [3.63, 3.8) is 0 Å². The van der Waals surface area contributed by atoms with Gasteiger partial charge in [0.25, 0.3) is 0 Å². The van der Waals surface area contributed by atoms with Crippen molar-refractivity contribution in [2.45, 2.75) is 6.10 Å². The summed E-state index contributed by atoms with van der Waals surface area (Å²) >= 11 is 0. The second-order valence-electron chi connectivity index (χ2n) is 1.06. The number of carboxylic acids is 1. The minimum Gasteiger partial charge on any atom is -0.481 e. The molecule has 0 amide bonds. The standard InChI is InChI=1S/C4H7O3.Y/c1-3(7-2)4(5)6;/h3H,1H2,2H3,(H,5,6);/q-1;. The average Bonchev–Trinajstić information content (AvgIpc) is 1.65. The maximum Gasteiger partial charge on any atom is 0.301 e. The maximum absolute atomic E-state index is 9.74. The summed E-state index contributed by atoms with van der Waals surface area (Å²) in [4.78, 5) is 9.74. The Labute approximate surface area is 73.3 Å². The zero-order valence-electron chi connectivity index (χ0n) is 4.63. The molecule has 1 unspecified atom stereocenters. The van der Waals surface area contributed by atoms with E-state index in [1.54, 1.807) is 0 Å². The first-order valence-electron chi connectivity index (χ1n) is 1.77. The van der Waals surface area contributed by atoms with Crippen LogP contribution in [0.3, 0.4) is 0 Å². The number of hydrogen-bond acceptors (Lipinski definition) is 2. The maximum atomic E-state index is 9.74. The molecule has 0 aliphatic heterocycles. The predicted molar refractivity (Wildman–Crippen MR) is 23.8 cm³/mol. The number of ether oxygens (including phenoxy) is 1. The molecule has 0 spiro atoms. The SMILES string of the molecule is [CH2-]C(OC)C(=O)O.[Y]. The van der Waals surface area contributed by atoms with Gasteiger partial charge in [0.2, 0.25) is 0 Å². The molecule has 0 aliphatic carbocycles. The van der Waals surface area contributed by atoms with Gasteiger partial charge in [-0.2, -0.15) is 0 Å². The summed E-state index contributed by atoms with van der Waals surface area (Å²) in [6.07, 6.45) is -0.931. The van der Waals surface area contributed by atoms with Crippen molar-refractivity contribution in [2.75, 3.05) is 7.11 Å². The van der Waals surface area contributed by atoms with E-state index in [1.165, 1.54) is 7.11 Å². The minimum absolute atomic E-state index is 0. The Morgan fingerprint density at radius 1 is 1.88 bits per heavy atom.